The molecule has 0 unspecified atom stereocenters. The second kappa shape index (κ2) is 9.54. The number of carbonyl (C=O) groups excluding carboxylic acids is 1. The van der Waals surface area contributed by atoms with E-state index in [0.29, 0.717) is 55.5 Å². The van der Waals surface area contributed by atoms with Crippen molar-refractivity contribution in [1.82, 2.24) is 14.4 Å². The van der Waals surface area contributed by atoms with E-state index in [1.54, 1.807) is 32.9 Å². The lowest BCUT2D eigenvalue weighted by molar-refractivity contribution is 0.0629. The zero-order chi connectivity index (χ0) is 23.5. The number of aromatic nitrogens is 1. The second-order valence-electron chi connectivity index (χ2n) is 8.03. The van der Waals surface area contributed by atoms with Gasteiger partial charge in [-0.15, -0.1) is 0 Å². The SMILES string of the molecule is COc1ccc(CN2CCN(C(=O)c3cc(=O)n(C)c4ccccc34)CC2)c(OC)c1OC. The fraction of sp³-hybridized carbons (Fsp3) is 0.360. The number of carbonyl (C=O) groups is 1. The number of ether oxygens (including phenoxy) is 3. The van der Waals surface area contributed by atoms with Crippen LogP contribution in [-0.2, 0) is 13.6 Å². The highest BCUT2D eigenvalue weighted by Gasteiger charge is 2.25. The summed E-state index contributed by atoms with van der Waals surface area (Å²) in [6.07, 6.45) is 0. The molecule has 1 aliphatic heterocycles. The largest absolute Gasteiger partial charge is 0.493 e. The van der Waals surface area contributed by atoms with Gasteiger partial charge >= 0.3 is 0 Å². The highest BCUT2D eigenvalue weighted by molar-refractivity contribution is 6.06. The van der Waals surface area contributed by atoms with Gasteiger partial charge in [-0.1, -0.05) is 24.3 Å². The molecule has 1 fully saturated rings. The van der Waals surface area contributed by atoms with Crippen molar-refractivity contribution in [3.63, 3.8) is 0 Å². The standard InChI is InChI=1S/C25H29N3O5/c1-26-20-8-6-5-7-18(20)19(15-22(26)29)25(30)28-13-11-27(12-14-28)16-17-9-10-21(31-2)24(33-4)23(17)32-3/h5-10,15H,11-14,16H2,1-4H3. The van der Waals surface area contributed by atoms with Gasteiger partial charge < -0.3 is 23.7 Å². The van der Waals surface area contributed by atoms with Gasteiger partial charge in [-0.3, -0.25) is 14.5 Å². The summed E-state index contributed by atoms with van der Waals surface area (Å²) in [5.74, 6) is 1.74. The van der Waals surface area contributed by atoms with Gasteiger partial charge in [0, 0.05) is 56.8 Å². The fourth-order valence-electron chi connectivity index (χ4n) is 4.40. The number of methoxy groups -OCH3 is 3. The summed E-state index contributed by atoms with van der Waals surface area (Å²) in [5.41, 5.74) is 2.03. The number of hydrogen-bond acceptors (Lipinski definition) is 6. The third kappa shape index (κ3) is 4.26. The summed E-state index contributed by atoms with van der Waals surface area (Å²) < 4.78 is 18.0. The fourth-order valence-corrected chi connectivity index (χ4v) is 4.40. The van der Waals surface area contributed by atoms with Crippen LogP contribution in [0.25, 0.3) is 10.9 Å². The van der Waals surface area contributed by atoms with E-state index < -0.39 is 0 Å². The molecule has 0 radical (unpaired) electrons. The van der Waals surface area contributed by atoms with Crippen molar-refractivity contribution < 1.29 is 19.0 Å². The summed E-state index contributed by atoms with van der Waals surface area (Å²) in [4.78, 5) is 29.8. The predicted molar refractivity (Wildman–Crippen MR) is 126 cm³/mol. The number of amides is 1. The number of aryl methyl sites for hydroxylation is 1. The first-order chi connectivity index (χ1) is 16.0. The average molecular weight is 452 g/mol. The molecule has 2 aromatic carbocycles. The number of rotatable bonds is 6. The van der Waals surface area contributed by atoms with Crippen molar-refractivity contribution in [2.75, 3.05) is 47.5 Å². The number of para-hydroxylation sites is 1. The van der Waals surface area contributed by atoms with Gasteiger partial charge in [0.2, 0.25) is 5.75 Å². The van der Waals surface area contributed by atoms with Crippen molar-refractivity contribution in [1.29, 1.82) is 0 Å². The van der Waals surface area contributed by atoms with Crippen LogP contribution >= 0.6 is 0 Å². The summed E-state index contributed by atoms with van der Waals surface area (Å²) in [6.45, 7) is 3.26. The summed E-state index contributed by atoms with van der Waals surface area (Å²) >= 11 is 0. The normalized spacial score (nSPS) is 14.4. The van der Waals surface area contributed by atoms with Crippen LogP contribution in [0, 0.1) is 0 Å². The van der Waals surface area contributed by atoms with Gasteiger partial charge in [0.1, 0.15) is 0 Å². The first kappa shape index (κ1) is 22.7. The van der Waals surface area contributed by atoms with Crippen LogP contribution in [-0.4, -0.2) is 67.8 Å². The summed E-state index contributed by atoms with van der Waals surface area (Å²) in [7, 11) is 6.53. The van der Waals surface area contributed by atoms with Crippen LogP contribution in [0.5, 0.6) is 17.2 Å². The van der Waals surface area contributed by atoms with Gasteiger partial charge in [-0.2, -0.15) is 0 Å². The van der Waals surface area contributed by atoms with E-state index in [0.717, 1.165) is 16.5 Å². The van der Waals surface area contributed by atoms with Crippen LogP contribution in [0.3, 0.4) is 0 Å². The number of piperazine rings is 1. The average Bonchev–Trinajstić information content (AvgIpc) is 2.85. The van der Waals surface area contributed by atoms with Gasteiger partial charge in [0.05, 0.1) is 32.4 Å². The van der Waals surface area contributed by atoms with Crippen molar-refractivity contribution in [2.24, 2.45) is 7.05 Å². The Balaban J connectivity index is 1.49. The number of nitrogens with zero attached hydrogens (tertiary/aromatic N) is 3. The molecule has 0 bridgehead atoms. The lowest BCUT2D eigenvalue weighted by atomic mass is 10.1. The Morgan fingerprint density at radius 2 is 1.61 bits per heavy atom. The van der Waals surface area contributed by atoms with Crippen LogP contribution in [0.2, 0.25) is 0 Å². The summed E-state index contributed by atoms with van der Waals surface area (Å²) in [6, 6.07) is 12.8. The highest BCUT2D eigenvalue weighted by Crippen LogP contribution is 2.40. The Morgan fingerprint density at radius 3 is 2.27 bits per heavy atom. The molecule has 174 valence electrons. The lowest BCUT2D eigenvalue weighted by Crippen LogP contribution is -2.48. The van der Waals surface area contributed by atoms with Crippen LogP contribution in [0.1, 0.15) is 15.9 Å². The molecule has 8 nitrogen and oxygen atoms in total. The van der Waals surface area contributed by atoms with E-state index in [-0.39, 0.29) is 11.5 Å². The summed E-state index contributed by atoms with van der Waals surface area (Å²) in [5, 5.41) is 0.794. The Kier molecular flexibility index (Phi) is 6.55. The third-order valence-electron chi connectivity index (χ3n) is 6.22. The van der Waals surface area contributed by atoms with E-state index in [2.05, 4.69) is 4.90 Å². The van der Waals surface area contributed by atoms with Crippen LogP contribution in [0.4, 0.5) is 0 Å². The first-order valence-electron chi connectivity index (χ1n) is 10.9. The Labute approximate surface area is 192 Å². The zero-order valence-corrected chi connectivity index (χ0v) is 19.5. The molecule has 0 spiro atoms. The van der Waals surface area contributed by atoms with E-state index in [4.69, 9.17) is 14.2 Å². The smallest absolute Gasteiger partial charge is 0.254 e. The molecule has 2 heterocycles. The molecular weight excluding hydrogens is 422 g/mol. The maximum Gasteiger partial charge on any atom is 0.254 e. The van der Waals surface area contributed by atoms with Crippen LogP contribution in [0.15, 0.2) is 47.3 Å². The molecule has 1 aromatic heterocycles. The molecule has 1 saturated heterocycles. The molecule has 1 aliphatic rings. The van der Waals surface area contributed by atoms with E-state index >= 15 is 0 Å². The molecule has 0 atom stereocenters. The monoisotopic (exact) mass is 451 g/mol. The van der Waals surface area contributed by atoms with E-state index in [1.807, 2.05) is 41.3 Å². The molecular formula is C25H29N3O5. The molecule has 0 aliphatic carbocycles. The minimum Gasteiger partial charge on any atom is -0.493 e. The lowest BCUT2D eigenvalue weighted by Gasteiger charge is -2.35. The van der Waals surface area contributed by atoms with Gasteiger partial charge in [-0.05, 0) is 12.1 Å². The van der Waals surface area contributed by atoms with Crippen molar-refractivity contribution in [2.45, 2.75) is 6.54 Å². The Bertz CT molecular complexity index is 1230. The van der Waals surface area contributed by atoms with E-state index in [9.17, 15) is 9.59 Å². The number of fused-ring (bicyclic) bond motifs is 1. The third-order valence-corrected chi connectivity index (χ3v) is 6.22. The first-order valence-corrected chi connectivity index (χ1v) is 10.9. The number of hydrogen-bond donors (Lipinski definition) is 0. The van der Waals surface area contributed by atoms with E-state index in [1.165, 1.54) is 6.07 Å². The Hall–Kier alpha value is -3.52. The predicted octanol–water partition coefficient (Wildman–Crippen LogP) is 2.52. The minimum absolute atomic E-state index is 0.104. The minimum atomic E-state index is -0.184. The molecule has 1 amide bonds. The number of benzene rings is 2. The molecule has 0 N–H and O–H groups in total. The van der Waals surface area contributed by atoms with Crippen molar-refractivity contribution >= 4 is 16.8 Å². The second-order valence-corrected chi connectivity index (χ2v) is 8.03. The maximum absolute atomic E-state index is 13.3. The topological polar surface area (TPSA) is 73.2 Å². The molecule has 3 aromatic rings. The van der Waals surface area contributed by atoms with Crippen molar-refractivity contribution in [3.8, 4) is 17.2 Å². The maximum atomic E-state index is 13.3. The van der Waals surface area contributed by atoms with Gasteiger partial charge in [-0.25, -0.2) is 0 Å². The molecule has 0 saturated carbocycles. The molecule has 33 heavy (non-hydrogen) atoms. The van der Waals surface area contributed by atoms with Crippen LogP contribution < -0.4 is 19.8 Å². The molecule has 8 heteroatoms. The molecule has 4 rings (SSSR count). The zero-order valence-electron chi connectivity index (χ0n) is 19.5. The highest BCUT2D eigenvalue weighted by atomic mass is 16.5. The number of pyridine rings is 1. The van der Waals surface area contributed by atoms with Gasteiger partial charge in [0.15, 0.2) is 11.5 Å². The quantitative estimate of drug-likeness (QED) is 0.574. The Morgan fingerprint density at radius 1 is 0.909 bits per heavy atom. The van der Waals surface area contributed by atoms with Gasteiger partial charge in [0.25, 0.3) is 11.5 Å². The van der Waals surface area contributed by atoms with Crippen molar-refractivity contribution in [3.05, 3.63) is 63.9 Å².